The van der Waals surface area contributed by atoms with Crippen LogP contribution in [0.15, 0.2) is 22.8 Å². The molecule has 1 rings (SSSR count). The van der Waals surface area contributed by atoms with Crippen molar-refractivity contribution in [1.82, 2.24) is 4.98 Å². The van der Waals surface area contributed by atoms with Gasteiger partial charge in [-0.05, 0) is 41.9 Å². The highest BCUT2D eigenvalue weighted by atomic mass is 79.9. The standard InChI is InChI=1S/C10H15BrN2O/c1-3-14-7-8(2)12-10-6-4-5-9(11)13-10/h4-6,8H,3,7H2,1-2H3,(H,12,13). The molecule has 0 fully saturated rings. The molecule has 1 aromatic rings. The van der Waals surface area contributed by atoms with Gasteiger partial charge >= 0.3 is 0 Å². The predicted molar refractivity (Wildman–Crippen MR) is 61.5 cm³/mol. The third-order valence-electron chi connectivity index (χ3n) is 1.68. The fourth-order valence-electron chi connectivity index (χ4n) is 1.08. The van der Waals surface area contributed by atoms with Gasteiger partial charge in [-0.3, -0.25) is 0 Å². The first kappa shape index (κ1) is 11.5. The molecule has 1 heterocycles. The van der Waals surface area contributed by atoms with Gasteiger partial charge < -0.3 is 10.1 Å². The van der Waals surface area contributed by atoms with Gasteiger partial charge in [-0.25, -0.2) is 4.98 Å². The summed E-state index contributed by atoms with van der Waals surface area (Å²) in [6.45, 7) is 5.50. The molecule has 0 saturated carbocycles. The van der Waals surface area contributed by atoms with Crippen LogP contribution in [-0.4, -0.2) is 24.2 Å². The molecule has 4 heteroatoms. The first-order valence-electron chi connectivity index (χ1n) is 4.69. The summed E-state index contributed by atoms with van der Waals surface area (Å²) in [5.74, 6) is 0.867. The smallest absolute Gasteiger partial charge is 0.127 e. The van der Waals surface area contributed by atoms with Crippen molar-refractivity contribution in [2.24, 2.45) is 0 Å². The average molecular weight is 259 g/mol. The van der Waals surface area contributed by atoms with Crippen LogP contribution in [0.2, 0.25) is 0 Å². The maximum absolute atomic E-state index is 5.30. The van der Waals surface area contributed by atoms with Crippen molar-refractivity contribution in [3.63, 3.8) is 0 Å². The molecule has 1 aromatic heterocycles. The second-order valence-corrected chi connectivity index (χ2v) is 3.86. The van der Waals surface area contributed by atoms with Gasteiger partial charge in [0.1, 0.15) is 10.4 Å². The van der Waals surface area contributed by atoms with Gasteiger partial charge in [-0.15, -0.1) is 0 Å². The van der Waals surface area contributed by atoms with E-state index in [2.05, 4.69) is 33.2 Å². The number of hydrogen-bond acceptors (Lipinski definition) is 3. The average Bonchev–Trinajstić information content (AvgIpc) is 2.15. The monoisotopic (exact) mass is 258 g/mol. The van der Waals surface area contributed by atoms with E-state index in [1.54, 1.807) is 0 Å². The van der Waals surface area contributed by atoms with Crippen LogP contribution in [0.5, 0.6) is 0 Å². The number of ether oxygens (including phenoxy) is 1. The summed E-state index contributed by atoms with van der Waals surface area (Å²) in [6, 6.07) is 6.06. The molecule has 0 radical (unpaired) electrons. The van der Waals surface area contributed by atoms with Crippen LogP contribution in [0.25, 0.3) is 0 Å². The summed E-state index contributed by atoms with van der Waals surface area (Å²) in [6.07, 6.45) is 0. The number of pyridine rings is 1. The minimum Gasteiger partial charge on any atom is -0.380 e. The van der Waals surface area contributed by atoms with Gasteiger partial charge in [0.05, 0.1) is 6.61 Å². The fraction of sp³-hybridized carbons (Fsp3) is 0.500. The summed E-state index contributed by atoms with van der Waals surface area (Å²) in [4.78, 5) is 4.27. The van der Waals surface area contributed by atoms with E-state index >= 15 is 0 Å². The topological polar surface area (TPSA) is 34.1 Å². The third-order valence-corrected chi connectivity index (χ3v) is 2.12. The number of halogens is 1. The molecule has 78 valence electrons. The normalized spacial score (nSPS) is 12.5. The van der Waals surface area contributed by atoms with Crippen LogP contribution < -0.4 is 5.32 Å². The summed E-state index contributed by atoms with van der Waals surface area (Å²) < 4.78 is 6.13. The van der Waals surface area contributed by atoms with E-state index in [4.69, 9.17) is 4.74 Å². The molecule has 0 aromatic carbocycles. The van der Waals surface area contributed by atoms with E-state index in [0.717, 1.165) is 17.0 Å². The SMILES string of the molecule is CCOCC(C)Nc1cccc(Br)n1. The molecule has 1 N–H and O–H groups in total. The Labute approximate surface area is 93.0 Å². The lowest BCUT2D eigenvalue weighted by molar-refractivity contribution is 0.141. The van der Waals surface area contributed by atoms with Gasteiger partial charge in [0, 0.05) is 12.6 Å². The molecule has 0 aliphatic carbocycles. The van der Waals surface area contributed by atoms with Crippen LogP contribution in [0.3, 0.4) is 0 Å². The molecule has 0 saturated heterocycles. The van der Waals surface area contributed by atoms with Crippen LogP contribution >= 0.6 is 15.9 Å². The fourth-order valence-corrected chi connectivity index (χ4v) is 1.42. The zero-order valence-electron chi connectivity index (χ0n) is 8.46. The quantitative estimate of drug-likeness (QED) is 0.825. The predicted octanol–water partition coefficient (Wildman–Crippen LogP) is 2.68. The summed E-state index contributed by atoms with van der Waals surface area (Å²) in [5, 5.41) is 3.25. The molecule has 0 amide bonds. The van der Waals surface area contributed by atoms with Crippen molar-refractivity contribution in [2.45, 2.75) is 19.9 Å². The van der Waals surface area contributed by atoms with Crippen LogP contribution in [0.4, 0.5) is 5.82 Å². The minimum atomic E-state index is 0.275. The molecular formula is C10H15BrN2O. The number of rotatable bonds is 5. The number of hydrogen-bond donors (Lipinski definition) is 1. The lowest BCUT2D eigenvalue weighted by Crippen LogP contribution is -2.22. The Balaban J connectivity index is 2.43. The highest BCUT2D eigenvalue weighted by molar-refractivity contribution is 9.10. The highest BCUT2D eigenvalue weighted by Gasteiger charge is 2.02. The van der Waals surface area contributed by atoms with Crippen LogP contribution in [-0.2, 0) is 4.74 Å². The largest absolute Gasteiger partial charge is 0.380 e. The number of nitrogens with one attached hydrogen (secondary N) is 1. The Bertz CT molecular complexity index is 281. The van der Waals surface area contributed by atoms with Gasteiger partial charge in [-0.1, -0.05) is 6.07 Å². The van der Waals surface area contributed by atoms with E-state index < -0.39 is 0 Å². The van der Waals surface area contributed by atoms with Crippen LogP contribution in [0, 0.1) is 0 Å². The van der Waals surface area contributed by atoms with Crippen molar-refractivity contribution in [1.29, 1.82) is 0 Å². The summed E-state index contributed by atoms with van der Waals surface area (Å²) >= 11 is 3.32. The molecule has 0 aliphatic rings. The highest BCUT2D eigenvalue weighted by Crippen LogP contribution is 2.10. The maximum Gasteiger partial charge on any atom is 0.127 e. The molecule has 14 heavy (non-hydrogen) atoms. The molecule has 1 atom stereocenters. The van der Waals surface area contributed by atoms with Crippen molar-refractivity contribution in [3.05, 3.63) is 22.8 Å². The van der Waals surface area contributed by atoms with Crippen molar-refractivity contribution in [3.8, 4) is 0 Å². The Morgan fingerprint density at radius 3 is 3.00 bits per heavy atom. The van der Waals surface area contributed by atoms with Gasteiger partial charge in [0.15, 0.2) is 0 Å². The minimum absolute atomic E-state index is 0.275. The van der Waals surface area contributed by atoms with Gasteiger partial charge in [-0.2, -0.15) is 0 Å². The van der Waals surface area contributed by atoms with E-state index in [0.29, 0.717) is 6.61 Å². The maximum atomic E-state index is 5.30. The van der Waals surface area contributed by atoms with E-state index in [9.17, 15) is 0 Å². The van der Waals surface area contributed by atoms with E-state index in [1.807, 2.05) is 25.1 Å². The first-order chi connectivity index (χ1) is 6.72. The van der Waals surface area contributed by atoms with Gasteiger partial charge in [0.25, 0.3) is 0 Å². The van der Waals surface area contributed by atoms with Crippen molar-refractivity contribution >= 4 is 21.7 Å². The number of anilines is 1. The molecule has 0 aliphatic heterocycles. The van der Waals surface area contributed by atoms with Crippen molar-refractivity contribution < 1.29 is 4.74 Å². The van der Waals surface area contributed by atoms with Crippen LogP contribution in [0.1, 0.15) is 13.8 Å². The lowest BCUT2D eigenvalue weighted by Gasteiger charge is -2.13. The second-order valence-electron chi connectivity index (χ2n) is 3.05. The molecule has 3 nitrogen and oxygen atoms in total. The molecule has 0 spiro atoms. The Hall–Kier alpha value is -0.610. The Morgan fingerprint density at radius 1 is 1.57 bits per heavy atom. The van der Waals surface area contributed by atoms with E-state index in [-0.39, 0.29) is 6.04 Å². The first-order valence-corrected chi connectivity index (χ1v) is 5.48. The Morgan fingerprint density at radius 2 is 2.36 bits per heavy atom. The Kier molecular flexibility index (Phi) is 4.90. The summed E-state index contributed by atoms with van der Waals surface area (Å²) in [7, 11) is 0. The lowest BCUT2D eigenvalue weighted by atomic mass is 10.3. The molecule has 0 bridgehead atoms. The third kappa shape index (κ3) is 4.07. The van der Waals surface area contributed by atoms with Crippen molar-refractivity contribution in [2.75, 3.05) is 18.5 Å². The van der Waals surface area contributed by atoms with E-state index in [1.165, 1.54) is 0 Å². The zero-order chi connectivity index (χ0) is 10.4. The number of aromatic nitrogens is 1. The number of nitrogens with zero attached hydrogens (tertiary/aromatic N) is 1. The second kappa shape index (κ2) is 5.98. The summed E-state index contributed by atoms with van der Waals surface area (Å²) in [5.41, 5.74) is 0. The zero-order valence-corrected chi connectivity index (χ0v) is 10.0. The van der Waals surface area contributed by atoms with Gasteiger partial charge in [0.2, 0.25) is 0 Å². The molecule has 1 unspecified atom stereocenters. The molecular weight excluding hydrogens is 244 g/mol.